The van der Waals surface area contributed by atoms with Crippen LogP contribution in [0, 0.1) is 5.82 Å². The Hall–Kier alpha value is -2.50. The topological polar surface area (TPSA) is 69.7 Å². The van der Waals surface area contributed by atoms with Crippen LogP contribution >= 0.6 is 0 Å². The summed E-state index contributed by atoms with van der Waals surface area (Å²) in [4.78, 5) is 34.0. The molecule has 0 aliphatic heterocycles. The highest BCUT2D eigenvalue weighted by Crippen LogP contribution is 2.05. The van der Waals surface area contributed by atoms with Gasteiger partial charge in [-0.05, 0) is 31.0 Å². The molecule has 0 heterocycles. The van der Waals surface area contributed by atoms with Gasteiger partial charge in [0.15, 0.2) is 0 Å². The first-order valence-electron chi connectivity index (χ1n) is 6.69. The highest BCUT2D eigenvalue weighted by molar-refractivity contribution is 5.87. The van der Waals surface area contributed by atoms with Crippen molar-refractivity contribution < 1.29 is 28.2 Å². The summed E-state index contributed by atoms with van der Waals surface area (Å²) in [5, 5.41) is 0. The summed E-state index contributed by atoms with van der Waals surface area (Å²) in [5.74, 6) is -2.34. The smallest absolute Gasteiger partial charge is 0.333 e. The molecule has 0 radical (unpaired) electrons. The van der Waals surface area contributed by atoms with Crippen LogP contribution < -0.4 is 0 Å². The summed E-state index contributed by atoms with van der Waals surface area (Å²) in [5.41, 5.74) is 0.826. The molecule has 0 amide bonds. The van der Waals surface area contributed by atoms with Gasteiger partial charge in [0.25, 0.3) is 0 Å². The predicted octanol–water partition coefficient (Wildman–Crippen LogP) is 2.34. The summed E-state index contributed by atoms with van der Waals surface area (Å²) in [6.45, 7) is 4.99. The molecule has 0 aromatic heterocycles. The number of esters is 3. The lowest BCUT2D eigenvalue weighted by molar-refractivity contribution is -0.159. The van der Waals surface area contributed by atoms with E-state index in [-0.39, 0.29) is 31.4 Å². The second kappa shape index (κ2) is 8.71. The van der Waals surface area contributed by atoms with E-state index in [1.165, 1.54) is 31.2 Å². The van der Waals surface area contributed by atoms with Crippen molar-refractivity contribution in [3.05, 3.63) is 47.8 Å². The molecule has 0 saturated heterocycles. The molecular weight excluding hydrogens is 291 g/mol. The Labute approximate surface area is 127 Å². The minimum atomic E-state index is -0.712. The largest absolute Gasteiger partial charge is 0.462 e. The highest BCUT2D eigenvalue weighted by atomic mass is 19.1. The SMILES string of the molecule is C=C(C)C(=O)OCCCC(=O)OC(=O)Cc1ccc(F)cc1. The molecule has 5 nitrogen and oxygen atoms in total. The monoisotopic (exact) mass is 308 g/mol. The van der Waals surface area contributed by atoms with Crippen molar-refractivity contribution in [3.8, 4) is 0 Å². The molecule has 0 spiro atoms. The number of halogens is 1. The Kier molecular flexibility index (Phi) is 6.95. The van der Waals surface area contributed by atoms with Crippen molar-refractivity contribution in [2.45, 2.75) is 26.2 Å². The van der Waals surface area contributed by atoms with Crippen LogP contribution in [0.4, 0.5) is 4.39 Å². The molecule has 1 aromatic rings. The second-order valence-electron chi connectivity index (χ2n) is 4.67. The van der Waals surface area contributed by atoms with Crippen LogP contribution in [0.15, 0.2) is 36.4 Å². The number of hydrogen-bond donors (Lipinski definition) is 0. The van der Waals surface area contributed by atoms with Crippen molar-refractivity contribution >= 4 is 17.9 Å². The van der Waals surface area contributed by atoms with E-state index in [0.29, 0.717) is 5.56 Å². The van der Waals surface area contributed by atoms with E-state index in [1.807, 2.05) is 0 Å². The zero-order valence-corrected chi connectivity index (χ0v) is 12.3. The predicted molar refractivity (Wildman–Crippen MR) is 76.2 cm³/mol. The molecule has 22 heavy (non-hydrogen) atoms. The van der Waals surface area contributed by atoms with Gasteiger partial charge in [-0.3, -0.25) is 9.59 Å². The molecular formula is C16H17FO5. The van der Waals surface area contributed by atoms with Gasteiger partial charge >= 0.3 is 17.9 Å². The van der Waals surface area contributed by atoms with Gasteiger partial charge in [0.1, 0.15) is 5.82 Å². The third kappa shape index (κ3) is 6.78. The molecule has 6 heteroatoms. The maximum Gasteiger partial charge on any atom is 0.333 e. The lowest BCUT2D eigenvalue weighted by atomic mass is 10.1. The van der Waals surface area contributed by atoms with Crippen LogP contribution in [0.2, 0.25) is 0 Å². The quantitative estimate of drug-likeness (QED) is 0.335. The molecule has 1 aromatic carbocycles. The highest BCUT2D eigenvalue weighted by Gasteiger charge is 2.12. The molecule has 0 aliphatic rings. The minimum Gasteiger partial charge on any atom is -0.462 e. The van der Waals surface area contributed by atoms with Crippen molar-refractivity contribution in [1.29, 1.82) is 0 Å². The molecule has 0 aliphatic carbocycles. The molecule has 0 N–H and O–H groups in total. The van der Waals surface area contributed by atoms with E-state index >= 15 is 0 Å². The normalized spacial score (nSPS) is 9.91. The van der Waals surface area contributed by atoms with Gasteiger partial charge in [-0.25, -0.2) is 9.18 Å². The van der Waals surface area contributed by atoms with E-state index in [1.54, 1.807) is 0 Å². The Balaban J connectivity index is 2.24. The zero-order valence-electron chi connectivity index (χ0n) is 12.3. The number of hydrogen-bond acceptors (Lipinski definition) is 5. The lowest BCUT2D eigenvalue weighted by Gasteiger charge is -2.05. The molecule has 118 valence electrons. The Morgan fingerprint density at radius 2 is 1.77 bits per heavy atom. The number of ether oxygens (including phenoxy) is 2. The Morgan fingerprint density at radius 3 is 2.36 bits per heavy atom. The number of carbonyl (C=O) groups is 3. The first kappa shape index (κ1) is 17.6. The average Bonchev–Trinajstić information content (AvgIpc) is 2.45. The van der Waals surface area contributed by atoms with E-state index < -0.39 is 23.7 Å². The Bertz CT molecular complexity index is 562. The standard InChI is InChI=1S/C16H17FO5/c1-11(2)16(20)21-9-3-4-14(18)22-15(19)10-12-5-7-13(17)8-6-12/h5-8H,1,3-4,9-10H2,2H3. The van der Waals surface area contributed by atoms with E-state index in [4.69, 9.17) is 4.74 Å². The zero-order chi connectivity index (χ0) is 16.5. The number of carbonyl (C=O) groups excluding carboxylic acids is 3. The maximum atomic E-state index is 12.7. The van der Waals surface area contributed by atoms with Gasteiger partial charge in [-0.1, -0.05) is 18.7 Å². The summed E-state index contributed by atoms with van der Waals surface area (Å²) >= 11 is 0. The van der Waals surface area contributed by atoms with Gasteiger partial charge in [0.2, 0.25) is 0 Å². The fraction of sp³-hybridized carbons (Fsp3) is 0.312. The molecule has 0 bridgehead atoms. The van der Waals surface area contributed by atoms with Crippen molar-refractivity contribution in [2.75, 3.05) is 6.61 Å². The van der Waals surface area contributed by atoms with E-state index in [0.717, 1.165) is 0 Å². The molecule has 0 unspecified atom stereocenters. The van der Waals surface area contributed by atoms with Crippen molar-refractivity contribution in [2.24, 2.45) is 0 Å². The average molecular weight is 308 g/mol. The van der Waals surface area contributed by atoms with Gasteiger partial charge < -0.3 is 9.47 Å². The molecule has 0 atom stereocenters. The van der Waals surface area contributed by atoms with Gasteiger partial charge in [0, 0.05) is 12.0 Å². The minimum absolute atomic E-state index is 0.0430. The van der Waals surface area contributed by atoms with Crippen LogP contribution in [-0.4, -0.2) is 24.5 Å². The Morgan fingerprint density at radius 1 is 1.14 bits per heavy atom. The van der Waals surface area contributed by atoms with Crippen LogP contribution in [-0.2, 0) is 30.3 Å². The van der Waals surface area contributed by atoms with E-state index in [2.05, 4.69) is 11.3 Å². The van der Waals surface area contributed by atoms with Crippen LogP contribution in [0.25, 0.3) is 0 Å². The number of benzene rings is 1. The fourth-order valence-electron chi connectivity index (χ4n) is 1.49. The second-order valence-corrected chi connectivity index (χ2v) is 4.67. The van der Waals surface area contributed by atoms with E-state index in [9.17, 15) is 18.8 Å². The lowest BCUT2D eigenvalue weighted by Crippen LogP contribution is -2.15. The summed E-state index contributed by atoms with van der Waals surface area (Å²) in [6.07, 6.45) is 0.0942. The summed E-state index contributed by atoms with van der Waals surface area (Å²) < 4.78 is 22.1. The number of rotatable bonds is 7. The van der Waals surface area contributed by atoms with Crippen LogP contribution in [0.5, 0.6) is 0 Å². The van der Waals surface area contributed by atoms with Gasteiger partial charge in [-0.15, -0.1) is 0 Å². The van der Waals surface area contributed by atoms with Crippen molar-refractivity contribution in [3.63, 3.8) is 0 Å². The first-order chi connectivity index (χ1) is 10.4. The third-order valence-corrected chi connectivity index (χ3v) is 2.60. The molecule has 0 saturated carbocycles. The van der Waals surface area contributed by atoms with Crippen LogP contribution in [0.1, 0.15) is 25.3 Å². The van der Waals surface area contributed by atoms with Gasteiger partial charge in [-0.2, -0.15) is 0 Å². The first-order valence-corrected chi connectivity index (χ1v) is 6.69. The van der Waals surface area contributed by atoms with Crippen LogP contribution in [0.3, 0.4) is 0 Å². The maximum absolute atomic E-state index is 12.7. The third-order valence-electron chi connectivity index (χ3n) is 2.60. The molecule has 1 rings (SSSR count). The fourth-order valence-corrected chi connectivity index (χ4v) is 1.49. The summed E-state index contributed by atoms with van der Waals surface area (Å²) in [7, 11) is 0. The van der Waals surface area contributed by atoms with Gasteiger partial charge in [0.05, 0.1) is 13.0 Å². The molecule has 0 fully saturated rings. The van der Waals surface area contributed by atoms with Crippen molar-refractivity contribution in [1.82, 2.24) is 0 Å². The summed E-state index contributed by atoms with van der Waals surface area (Å²) in [6, 6.07) is 5.33.